The molecule has 3 aromatic heterocycles. The van der Waals surface area contributed by atoms with Crippen LogP contribution in [0, 0.1) is 10.8 Å². The highest BCUT2D eigenvalue weighted by Gasteiger charge is 2.08. The number of hydrogen-bond acceptors (Lipinski definition) is 4. The van der Waals surface area contributed by atoms with Crippen molar-refractivity contribution in [3.8, 4) is 0 Å². The van der Waals surface area contributed by atoms with Gasteiger partial charge in [0.25, 0.3) is 0 Å². The Morgan fingerprint density at radius 3 is 1.19 bits per heavy atom. The second kappa shape index (κ2) is 5.92. The number of aromatic nitrogens is 6. The van der Waals surface area contributed by atoms with Gasteiger partial charge in [-0.2, -0.15) is 0 Å². The maximum atomic E-state index is 7.90. The third kappa shape index (κ3) is 2.43. The van der Waals surface area contributed by atoms with Gasteiger partial charge in [0, 0.05) is 0 Å². The Hall–Kier alpha value is -4.72. The van der Waals surface area contributed by atoms with Gasteiger partial charge in [-0.05, 0) is 48.5 Å². The van der Waals surface area contributed by atoms with Gasteiger partial charge in [-0.25, -0.2) is 9.97 Å². The van der Waals surface area contributed by atoms with Gasteiger partial charge in [0.1, 0.15) is 0 Å². The van der Waals surface area contributed by atoms with E-state index in [9.17, 15) is 0 Å². The summed E-state index contributed by atoms with van der Waals surface area (Å²) in [6.07, 6.45) is 0. The Labute approximate surface area is 178 Å². The average Bonchev–Trinajstić information content (AvgIpc) is 2.78. The molecule has 0 aliphatic carbocycles. The van der Waals surface area contributed by atoms with Gasteiger partial charge in [0.15, 0.2) is 0 Å². The highest BCUT2D eigenvalue weighted by Crippen LogP contribution is 2.25. The van der Waals surface area contributed by atoms with Crippen LogP contribution in [0.25, 0.3) is 66.2 Å². The van der Waals surface area contributed by atoms with Crippen LogP contribution in [0.5, 0.6) is 0 Å². The molecule has 7 aromatic rings. The molecule has 8 heteroatoms. The SMILES string of the molecule is N=c1cc2[nH]c3cc4[nH]c5cc6nc7ccccc7nc6cc5[nH]c4cc3[nH]c2cc1=N. The molecule has 0 aliphatic rings. The van der Waals surface area contributed by atoms with Crippen LogP contribution in [0.1, 0.15) is 0 Å². The van der Waals surface area contributed by atoms with Gasteiger partial charge in [0.05, 0.1) is 76.9 Å². The third-order valence-corrected chi connectivity index (χ3v) is 5.87. The van der Waals surface area contributed by atoms with E-state index in [0.29, 0.717) is 0 Å². The van der Waals surface area contributed by atoms with Crippen LogP contribution in [0.3, 0.4) is 0 Å². The number of rotatable bonds is 0. The molecule has 0 radical (unpaired) electrons. The molecule has 32 heavy (non-hydrogen) atoms. The van der Waals surface area contributed by atoms with Gasteiger partial charge in [-0.3, -0.25) is 10.8 Å². The number of benzene rings is 4. The molecule has 8 nitrogen and oxygen atoms in total. The molecule has 4 aromatic carbocycles. The van der Waals surface area contributed by atoms with Crippen molar-refractivity contribution in [1.29, 1.82) is 10.8 Å². The minimum atomic E-state index is 0.189. The largest absolute Gasteiger partial charge is 0.352 e. The molecular weight excluding hydrogens is 400 g/mol. The number of nitrogens with zero attached hydrogens (tertiary/aromatic N) is 2. The Bertz CT molecular complexity index is 1890. The zero-order valence-corrected chi connectivity index (χ0v) is 16.7. The maximum absolute atomic E-state index is 7.90. The first-order valence-electron chi connectivity index (χ1n) is 10.2. The normalized spacial score (nSPS) is 12.0. The fourth-order valence-corrected chi connectivity index (χ4v) is 4.28. The predicted molar refractivity (Wildman–Crippen MR) is 125 cm³/mol. The standard InChI is InChI=1S/C24H16N8/c25-11-5-15-16(6-12(11)26)30-20-10-24-23(9-19(20)29-15)31-21-7-17-18(8-22(21)32-24)28-14-4-2-1-3-13(14)27-17/h1-10,25-26,29-32H. The van der Waals surface area contributed by atoms with E-state index in [0.717, 1.165) is 66.2 Å². The summed E-state index contributed by atoms with van der Waals surface area (Å²) < 4.78 is 0. The molecule has 0 saturated carbocycles. The molecule has 0 fully saturated rings. The Kier molecular flexibility index (Phi) is 3.15. The quantitative estimate of drug-likeness (QED) is 0.206. The van der Waals surface area contributed by atoms with Crippen LogP contribution in [0.15, 0.2) is 60.7 Å². The zero-order chi connectivity index (χ0) is 21.4. The third-order valence-electron chi connectivity index (χ3n) is 5.87. The molecule has 0 saturated heterocycles. The number of nitrogens with one attached hydrogen (secondary N) is 6. The summed E-state index contributed by atoms with van der Waals surface area (Å²) in [4.78, 5) is 23.3. The second-order valence-electron chi connectivity index (χ2n) is 7.99. The fraction of sp³-hybridized carbons (Fsp3) is 0. The first-order chi connectivity index (χ1) is 15.6. The van der Waals surface area contributed by atoms with Crippen LogP contribution < -0.4 is 10.7 Å². The summed E-state index contributed by atoms with van der Waals surface area (Å²) in [5.74, 6) is 0. The highest BCUT2D eigenvalue weighted by molar-refractivity contribution is 6.00. The van der Waals surface area contributed by atoms with Crippen molar-refractivity contribution in [2.75, 3.05) is 0 Å². The first kappa shape index (κ1) is 17.0. The van der Waals surface area contributed by atoms with Gasteiger partial charge in [0.2, 0.25) is 0 Å². The van der Waals surface area contributed by atoms with E-state index in [-0.39, 0.29) is 10.7 Å². The van der Waals surface area contributed by atoms with Crippen molar-refractivity contribution in [3.05, 3.63) is 71.4 Å². The monoisotopic (exact) mass is 416 g/mol. The molecule has 7 rings (SSSR count). The van der Waals surface area contributed by atoms with E-state index in [4.69, 9.17) is 20.8 Å². The maximum Gasteiger partial charge on any atom is 0.0916 e. The van der Waals surface area contributed by atoms with Gasteiger partial charge < -0.3 is 19.9 Å². The lowest BCUT2D eigenvalue weighted by Crippen LogP contribution is -2.22. The topological polar surface area (TPSA) is 137 Å². The lowest BCUT2D eigenvalue weighted by molar-refractivity contribution is 1.14. The van der Waals surface area contributed by atoms with Crippen molar-refractivity contribution in [1.82, 2.24) is 29.9 Å². The molecule has 152 valence electrons. The number of aromatic amines is 4. The number of para-hydroxylation sites is 2. The van der Waals surface area contributed by atoms with Gasteiger partial charge in [-0.15, -0.1) is 0 Å². The van der Waals surface area contributed by atoms with E-state index in [1.807, 2.05) is 48.5 Å². The fourth-order valence-electron chi connectivity index (χ4n) is 4.28. The van der Waals surface area contributed by atoms with Gasteiger partial charge >= 0.3 is 0 Å². The lowest BCUT2D eigenvalue weighted by Gasteiger charge is -2.09. The molecule has 6 N–H and O–H groups in total. The smallest absolute Gasteiger partial charge is 0.0916 e. The summed E-state index contributed by atoms with van der Waals surface area (Å²) in [6, 6.07) is 19.3. The number of fused-ring (bicyclic) bond motifs is 6. The number of H-pyrrole nitrogens is 4. The molecule has 0 aliphatic heterocycles. The minimum Gasteiger partial charge on any atom is -0.352 e. The van der Waals surface area contributed by atoms with Crippen molar-refractivity contribution < 1.29 is 0 Å². The molecular formula is C24H16N8. The summed E-state index contributed by atoms with van der Waals surface area (Å²) in [5, 5.41) is 16.2. The molecule has 3 heterocycles. The lowest BCUT2D eigenvalue weighted by atomic mass is 10.2. The molecule has 0 amide bonds. The van der Waals surface area contributed by atoms with Crippen molar-refractivity contribution >= 4 is 66.2 Å². The molecule has 0 spiro atoms. The molecule has 0 unspecified atom stereocenters. The van der Waals surface area contributed by atoms with Crippen molar-refractivity contribution in [3.63, 3.8) is 0 Å². The van der Waals surface area contributed by atoms with E-state index in [1.54, 1.807) is 12.1 Å². The van der Waals surface area contributed by atoms with E-state index in [1.165, 1.54) is 0 Å². The summed E-state index contributed by atoms with van der Waals surface area (Å²) in [6.45, 7) is 0. The van der Waals surface area contributed by atoms with Crippen LogP contribution in [-0.4, -0.2) is 29.9 Å². The van der Waals surface area contributed by atoms with Crippen LogP contribution in [-0.2, 0) is 0 Å². The predicted octanol–water partition coefficient (Wildman–Crippen LogP) is 4.23. The van der Waals surface area contributed by atoms with E-state index < -0.39 is 0 Å². The highest BCUT2D eigenvalue weighted by atomic mass is 14.9. The van der Waals surface area contributed by atoms with Crippen molar-refractivity contribution in [2.45, 2.75) is 0 Å². The summed E-state index contributed by atoms with van der Waals surface area (Å²) in [7, 11) is 0. The second-order valence-corrected chi connectivity index (χ2v) is 7.99. The number of hydrogen-bond donors (Lipinski definition) is 6. The van der Waals surface area contributed by atoms with Gasteiger partial charge in [-0.1, -0.05) is 12.1 Å². The average molecular weight is 416 g/mol. The van der Waals surface area contributed by atoms with E-state index in [2.05, 4.69) is 19.9 Å². The summed E-state index contributed by atoms with van der Waals surface area (Å²) >= 11 is 0. The summed E-state index contributed by atoms with van der Waals surface area (Å²) in [5.41, 5.74) is 10.5. The van der Waals surface area contributed by atoms with Crippen molar-refractivity contribution in [2.24, 2.45) is 0 Å². The Morgan fingerprint density at radius 2 is 0.781 bits per heavy atom. The first-order valence-corrected chi connectivity index (χ1v) is 10.2. The molecule has 0 bridgehead atoms. The Morgan fingerprint density at radius 1 is 0.438 bits per heavy atom. The van der Waals surface area contributed by atoms with Crippen LogP contribution in [0.4, 0.5) is 0 Å². The van der Waals surface area contributed by atoms with E-state index >= 15 is 0 Å². The Balaban J connectivity index is 1.53. The van der Waals surface area contributed by atoms with Crippen LogP contribution in [0.2, 0.25) is 0 Å². The van der Waals surface area contributed by atoms with Crippen LogP contribution >= 0.6 is 0 Å². The minimum absolute atomic E-state index is 0.189. The zero-order valence-electron chi connectivity index (χ0n) is 16.7. The molecule has 0 atom stereocenters.